The molecule has 0 bridgehead atoms. The maximum Gasteiger partial charge on any atom is 0.253 e. The number of nitrogens with zero attached hydrogens (tertiary/aromatic N) is 5. The molecule has 0 unspecified atom stereocenters. The highest BCUT2D eigenvalue weighted by molar-refractivity contribution is 5.94. The van der Waals surface area contributed by atoms with Crippen molar-refractivity contribution in [2.75, 3.05) is 55.7 Å². The minimum atomic E-state index is 0.0735. The molecular formula is C22H29N5O2. The number of aromatic nitrogens is 2. The molecule has 1 amide bonds. The standard InChI is InChI=1S/C22H29N5O2/c1-2-29-19-8-6-18(7-9-19)22(28)27-14-12-26(13-15-27)21-16-20(23-17-24-21)25-10-4-3-5-11-25/h6-9,16-17H,2-5,10-15H2,1H3. The molecule has 2 saturated heterocycles. The van der Waals surface area contributed by atoms with Crippen molar-refractivity contribution in [2.24, 2.45) is 0 Å². The number of piperidine rings is 1. The van der Waals surface area contributed by atoms with Gasteiger partial charge in [-0.1, -0.05) is 0 Å². The first-order chi connectivity index (χ1) is 14.2. The highest BCUT2D eigenvalue weighted by Gasteiger charge is 2.23. The maximum absolute atomic E-state index is 12.8. The second-order valence-electron chi connectivity index (χ2n) is 7.52. The molecule has 0 N–H and O–H groups in total. The Labute approximate surface area is 172 Å². The van der Waals surface area contributed by atoms with Crippen LogP contribution in [0.25, 0.3) is 0 Å². The van der Waals surface area contributed by atoms with E-state index in [1.165, 1.54) is 19.3 Å². The lowest BCUT2D eigenvalue weighted by atomic mass is 10.1. The fourth-order valence-electron chi connectivity index (χ4n) is 3.99. The Kier molecular flexibility index (Phi) is 6.12. The summed E-state index contributed by atoms with van der Waals surface area (Å²) in [6.07, 6.45) is 5.42. The van der Waals surface area contributed by atoms with E-state index in [4.69, 9.17) is 4.74 Å². The molecule has 0 radical (unpaired) electrons. The minimum Gasteiger partial charge on any atom is -0.494 e. The molecule has 0 spiro atoms. The number of anilines is 2. The van der Waals surface area contributed by atoms with E-state index in [2.05, 4.69) is 25.8 Å². The largest absolute Gasteiger partial charge is 0.494 e. The van der Waals surface area contributed by atoms with E-state index in [-0.39, 0.29) is 5.91 Å². The second kappa shape index (κ2) is 9.11. The predicted molar refractivity (Wildman–Crippen MR) is 114 cm³/mol. The zero-order valence-corrected chi connectivity index (χ0v) is 17.1. The molecule has 154 valence electrons. The van der Waals surface area contributed by atoms with E-state index < -0.39 is 0 Å². The van der Waals surface area contributed by atoms with Gasteiger partial charge in [0.2, 0.25) is 0 Å². The van der Waals surface area contributed by atoms with Gasteiger partial charge in [-0.3, -0.25) is 4.79 Å². The Morgan fingerprint density at radius 3 is 2.14 bits per heavy atom. The van der Waals surface area contributed by atoms with Gasteiger partial charge in [0.05, 0.1) is 6.61 Å². The van der Waals surface area contributed by atoms with Crippen molar-refractivity contribution < 1.29 is 9.53 Å². The van der Waals surface area contributed by atoms with Gasteiger partial charge in [0.25, 0.3) is 5.91 Å². The van der Waals surface area contributed by atoms with Crippen LogP contribution in [0.4, 0.5) is 11.6 Å². The van der Waals surface area contributed by atoms with Crippen molar-refractivity contribution in [3.05, 3.63) is 42.2 Å². The Morgan fingerprint density at radius 1 is 0.897 bits per heavy atom. The first kappa shape index (κ1) is 19.5. The van der Waals surface area contributed by atoms with Gasteiger partial charge in [0.1, 0.15) is 23.7 Å². The minimum absolute atomic E-state index is 0.0735. The van der Waals surface area contributed by atoms with Gasteiger partial charge in [-0.25, -0.2) is 9.97 Å². The summed E-state index contributed by atoms with van der Waals surface area (Å²) in [5.74, 6) is 2.84. The zero-order valence-electron chi connectivity index (χ0n) is 17.1. The Bertz CT molecular complexity index is 812. The zero-order chi connectivity index (χ0) is 20.1. The first-order valence-electron chi connectivity index (χ1n) is 10.6. The summed E-state index contributed by atoms with van der Waals surface area (Å²) in [6, 6.07) is 9.49. The second-order valence-corrected chi connectivity index (χ2v) is 7.52. The van der Waals surface area contributed by atoms with Crippen LogP contribution in [0.5, 0.6) is 5.75 Å². The number of hydrogen-bond acceptors (Lipinski definition) is 6. The predicted octanol–water partition coefficient (Wildman–Crippen LogP) is 2.83. The molecule has 0 saturated carbocycles. The van der Waals surface area contributed by atoms with Crippen LogP contribution in [0.3, 0.4) is 0 Å². The molecule has 4 rings (SSSR count). The third-order valence-corrected chi connectivity index (χ3v) is 5.62. The van der Waals surface area contributed by atoms with Crippen LogP contribution in [0, 0.1) is 0 Å². The number of ether oxygens (including phenoxy) is 1. The molecule has 1 aromatic carbocycles. The molecule has 2 fully saturated rings. The number of carbonyl (C=O) groups is 1. The SMILES string of the molecule is CCOc1ccc(C(=O)N2CCN(c3cc(N4CCCCC4)ncn3)CC2)cc1. The van der Waals surface area contributed by atoms with Crippen LogP contribution in [0.2, 0.25) is 0 Å². The lowest BCUT2D eigenvalue weighted by Crippen LogP contribution is -2.49. The van der Waals surface area contributed by atoms with Gasteiger partial charge in [-0.2, -0.15) is 0 Å². The average Bonchev–Trinajstić information content (AvgIpc) is 2.80. The van der Waals surface area contributed by atoms with Crippen LogP contribution in [-0.2, 0) is 0 Å². The summed E-state index contributed by atoms with van der Waals surface area (Å²) in [5, 5.41) is 0. The molecule has 3 heterocycles. The van der Waals surface area contributed by atoms with Crippen molar-refractivity contribution in [3.8, 4) is 5.75 Å². The molecule has 1 aromatic heterocycles. The normalized spacial score (nSPS) is 17.3. The summed E-state index contributed by atoms with van der Waals surface area (Å²) in [7, 11) is 0. The third-order valence-electron chi connectivity index (χ3n) is 5.62. The number of piperazine rings is 1. The van der Waals surface area contributed by atoms with Crippen molar-refractivity contribution in [2.45, 2.75) is 26.2 Å². The van der Waals surface area contributed by atoms with Crippen LogP contribution in [0.1, 0.15) is 36.5 Å². The van der Waals surface area contributed by atoms with Gasteiger partial charge < -0.3 is 19.4 Å². The summed E-state index contributed by atoms with van der Waals surface area (Å²) in [6.45, 7) is 7.65. The van der Waals surface area contributed by atoms with Gasteiger partial charge in [0, 0.05) is 50.9 Å². The van der Waals surface area contributed by atoms with Crippen molar-refractivity contribution in [1.29, 1.82) is 0 Å². The summed E-state index contributed by atoms with van der Waals surface area (Å²) in [5.41, 5.74) is 0.705. The molecular weight excluding hydrogens is 366 g/mol. The van der Waals surface area contributed by atoms with Crippen LogP contribution < -0.4 is 14.5 Å². The third kappa shape index (κ3) is 4.60. The number of benzene rings is 1. The lowest BCUT2D eigenvalue weighted by molar-refractivity contribution is 0.0746. The van der Waals surface area contributed by atoms with Gasteiger partial charge in [0.15, 0.2) is 0 Å². The van der Waals surface area contributed by atoms with E-state index in [0.717, 1.165) is 43.6 Å². The summed E-state index contributed by atoms with van der Waals surface area (Å²) in [4.78, 5) is 28.3. The van der Waals surface area contributed by atoms with Crippen molar-refractivity contribution in [3.63, 3.8) is 0 Å². The fraction of sp³-hybridized carbons (Fsp3) is 0.500. The molecule has 29 heavy (non-hydrogen) atoms. The Hall–Kier alpha value is -2.83. The average molecular weight is 396 g/mol. The van der Waals surface area contributed by atoms with E-state index in [9.17, 15) is 4.79 Å². The van der Waals surface area contributed by atoms with Crippen LogP contribution >= 0.6 is 0 Å². The molecule has 2 aliphatic heterocycles. The van der Waals surface area contributed by atoms with E-state index in [1.807, 2.05) is 36.1 Å². The van der Waals surface area contributed by atoms with Gasteiger partial charge >= 0.3 is 0 Å². The smallest absolute Gasteiger partial charge is 0.253 e. The molecule has 0 aliphatic carbocycles. The molecule has 0 atom stereocenters. The van der Waals surface area contributed by atoms with E-state index in [1.54, 1.807) is 6.33 Å². The highest BCUT2D eigenvalue weighted by Crippen LogP contribution is 2.22. The van der Waals surface area contributed by atoms with Crippen molar-refractivity contribution >= 4 is 17.5 Å². The molecule has 2 aromatic rings. The highest BCUT2D eigenvalue weighted by atomic mass is 16.5. The van der Waals surface area contributed by atoms with E-state index in [0.29, 0.717) is 25.3 Å². The number of carbonyl (C=O) groups excluding carboxylic acids is 1. The number of rotatable bonds is 5. The molecule has 2 aliphatic rings. The van der Waals surface area contributed by atoms with Crippen LogP contribution in [-0.4, -0.2) is 66.7 Å². The monoisotopic (exact) mass is 395 g/mol. The van der Waals surface area contributed by atoms with E-state index >= 15 is 0 Å². The van der Waals surface area contributed by atoms with Crippen LogP contribution in [0.15, 0.2) is 36.7 Å². The summed E-state index contributed by atoms with van der Waals surface area (Å²) >= 11 is 0. The quantitative estimate of drug-likeness (QED) is 0.776. The maximum atomic E-state index is 12.8. The Morgan fingerprint density at radius 2 is 1.52 bits per heavy atom. The number of hydrogen-bond donors (Lipinski definition) is 0. The van der Waals surface area contributed by atoms with Gasteiger partial charge in [-0.15, -0.1) is 0 Å². The van der Waals surface area contributed by atoms with Crippen molar-refractivity contribution in [1.82, 2.24) is 14.9 Å². The topological polar surface area (TPSA) is 61.8 Å². The molecule has 7 heteroatoms. The fourth-order valence-corrected chi connectivity index (χ4v) is 3.99. The first-order valence-corrected chi connectivity index (χ1v) is 10.6. The summed E-state index contributed by atoms with van der Waals surface area (Å²) < 4.78 is 5.46. The number of amides is 1. The van der Waals surface area contributed by atoms with Gasteiger partial charge in [-0.05, 0) is 50.5 Å². The Balaban J connectivity index is 1.36. The lowest BCUT2D eigenvalue weighted by Gasteiger charge is -2.36. The molecule has 7 nitrogen and oxygen atoms in total.